The Labute approximate surface area is 161 Å². The Hall–Kier alpha value is -2.99. The molecule has 27 heavy (non-hydrogen) atoms. The maximum absolute atomic E-state index is 12.3. The van der Waals surface area contributed by atoms with Crippen molar-refractivity contribution in [3.63, 3.8) is 0 Å². The first-order chi connectivity index (χ1) is 13.2. The van der Waals surface area contributed by atoms with Crippen LogP contribution < -0.4 is 5.32 Å². The molecule has 0 aliphatic rings. The number of aromatic nitrogens is 3. The van der Waals surface area contributed by atoms with Gasteiger partial charge in [-0.15, -0.1) is 11.3 Å². The molecule has 3 aromatic heterocycles. The molecule has 0 bridgehead atoms. The zero-order chi connectivity index (χ0) is 18.6. The number of benzene rings is 1. The van der Waals surface area contributed by atoms with Gasteiger partial charge in [0.15, 0.2) is 4.96 Å². The first kappa shape index (κ1) is 17.4. The van der Waals surface area contributed by atoms with Gasteiger partial charge in [-0.25, -0.2) is 4.98 Å². The fourth-order valence-electron chi connectivity index (χ4n) is 2.94. The Morgan fingerprint density at radius 3 is 2.63 bits per heavy atom. The van der Waals surface area contributed by atoms with Gasteiger partial charge in [-0.05, 0) is 29.7 Å². The molecule has 6 heteroatoms. The molecule has 0 fully saturated rings. The van der Waals surface area contributed by atoms with Crippen LogP contribution in [0.5, 0.6) is 0 Å². The average Bonchev–Trinajstić information content (AvgIpc) is 3.29. The van der Waals surface area contributed by atoms with E-state index in [1.54, 1.807) is 23.7 Å². The molecule has 5 nitrogen and oxygen atoms in total. The Kier molecular flexibility index (Phi) is 4.98. The molecule has 0 spiro atoms. The molecular weight excluding hydrogens is 356 g/mol. The van der Waals surface area contributed by atoms with E-state index in [0.717, 1.165) is 33.9 Å². The van der Waals surface area contributed by atoms with Crippen molar-refractivity contribution >= 4 is 22.2 Å². The number of thiazole rings is 1. The number of aryl methyl sites for hydroxylation is 1. The number of hydrogen-bond acceptors (Lipinski definition) is 4. The van der Waals surface area contributed by atoms with Crippen molar-refractivity contribution in [2.24, 2.45) is 0 Å². The van der Waals surface area contributed by atoms with E-state index >= 15 is 0 Å². The maximum Gasteiger partial charge on any atom is 0.226 e. The highest BCUT2D eigenvalue weighted by Crippen LogP contribution is 2.24. The minimum absolute atomic E-state index is 0.00550. The Bertz CT molecular complexity index is 1050. The smallest absolute Gasteiger partial charge is 0.226 e. The Morgan fingerprint density at radius 2 is 1.89 bits per heavy atom. The van der Waals surface area contributed by atoms with E-state index in [9.17, 15) is 4.79 Å². The first-order valence-electron chi connectivity index (χ1n) is 8.93. The number of fused-ring (bicyclic) bond motifs is 1. The predicted octanol–water partition coefficient (Wildman–Crippen LogP) is 3.88. The summed E-state index contributed by atoms with van der Waals surface area (Å²) in [7, 11) is 0. The van der Waals surface area contributed by atoms with Gasteiger partial charge in [-0.1, -0.05) is 31.2 Å². The monoisotopic (exact) mass is 376 g/mol. The van der Waals surface area contributed by atoms with Crippen molar-refractivity contribution in [3.05, 3.63) is 77.2 Å². The van der Waals surface area contributed by atoms with E-state index in [2.05, 4.69) is 41.5 Å². The summed E-state index contributed by atoms with van der Waals surface area (Å²) in [6.07, 6.45) is 6.82. The summed E-state index contributed by atoms with van der Waals surface area (Å²) < 4.78 is 2.01. The van der Waals surface area contributed by atoms with Crippen LogP contribution in [-0.4, -0.2) is 20.3 Å². The van der Waals surface area contributed by atoms with Crippen molar-refractivity contribution in [1.82, 2.24) is 19.7 Å². The predicted molar refractivity (Wildman–Crippen MR) is 108 cm³/mol. The van der Waals surface area contributed by atoms with E-state index in [1.165, 1.54) is 5.56 Å². The molecule has 4 aromatic rings. The van der Waals surface area contributed by atoms with Crippen molar-refractivity contribution in [2.75, 3.05) is 0 Å². The van der Waals surface area contributed by atoms with E-state index in [-0.39, 0.29) is 5.91 Å². The lowest BCUT2D eigenvalue weighted by atomic mass is 10.1. The largest absolute Gasteiger partial charge is 0.352 e. The molecule has 1 amide bonds. The molecule has 0 radical (unpaired) electrons. The molecule has 0 unspecified atom stereocenters. The molecule has 1 aromatic carbocycles. The summed E-state index contributed by atoms with van der Waals surface area (Å²) in [5.41, 5.74) is 5.32. The summed E-state index contributed by atoms with van der Waals surface area (Å²) in [5.74, 6) is -0.00550. The molecule has 0 aliphatic carbocycles. The topological polar surface area (TPSA) is 59.3 Å². The summed E-state index contributed by atoms with van der Waals surface area (Å²) in [6.45, 7) is 2.65. The van der Waals surface area contributed by atoms with Gasteiger partial charge in [0.05, 0.1) is 12.1 Å². The SMILES string of the molecule is CCc1ccc(-c2cn3c(CC(=O)NCc4ccncc4)csc3n2)cc1. The fraction of sp³-hybridized carbons (Fsp3) is 0.190. The summed E-state index contributed by atoms with van der Waals surface area (Å²) in [5, 5.41) is 4.96. The van der Waals surface area contributed by atoms with Crippen LogP contribution >= 0.6 is 11.3 Å². The number of pyridine rings is 1. The second kappa shape index (κ2) is 7.72. The van der Waals surface area contributed by atoms with E-state index < -0.39 is 0 Å². The van der Waals surface area contributed by atoms with Gasteiger partial charge in [0.2, 0.25) is 5.91 Å². The van der Waals surface area contributed by atoms with Crippen LogP contribution in [0.4, 0.5) is 0 Å². The van der Waals surface area contributed by atoms with Crippen LogP contribution in [0.15, 0.2) is 60.4 Å². The quantitative estimate of drug-likeness (QED) is 0.556. The molecule has 3 heterocycles. The van der Waals surface area contributed by atoms with Gasteiger partial charge in [0, 0.05) is 41.8 Å². The minimum atomic E-state index is -0.00550. The number of amides is 1. The van der Waals surface area contributed by atoms with Crippen molar-refractivity contribution in [3.8, 4) is 11.3 Å². The number of carbonyl (C=O) groups excluding carboxylic acids is 1. The number of carbonyl (C=O) groups is 1. The van der Waals surface area contributed by atoms with Gasteiger partial charge in [0.25, 0.3) is 0 Å². The van der Waals surface area contributed by atoms with Crippen LogP contribution in [0.2, 0.25) is 0 Å². The van der Waals surface area contributed by atoms with Gasteiger partial charge >= 0.3 is 0 Å². The third-order valence-corrected chi connectivity index (χ3v) is 5.41. The fourth-order valence-corrected chi connectivity index (χ4v) is 3.81. The lowest BCUT2D eigenvalue weighted by Crippen LogP contribution is -2.24. The summed E-state index contributed by atoms with van der Waals surface area (Å²) in [6, 6.07) is 12.3. The second-order valence-corrected chi connectivity index (χ2v) is 7.20. The maximum atomic E-state index is 12.3. The van der Waals surface area contributed by atoms with Gasteiger partial charge in [-0.2, -0.15) is 0 Å². The molecule has 0 aliphatic heterocycles. The van der Waals surface area contributed by atoms with Crippen LogP contribution in [0, 0.1) is 0 Å². The van der Waals surface area contributed by atoms with E-state index in [0.29, 0.717) is 13.0 Å². The Morgan fingerprint density at radius 1 is 1.11 bits per heavy atom. The standard InChI is InChI=1S/C21H20N4OS/c1-2-15-3-5-17(6-4-15)19-13-25-18(14-27-21(25)24-19)11-20(26)23-12-16-7-9-22-10-8-16/h3-10,13-14H,2,11-12H2,1H3,(H,23,26). The van der Waals surface area contributed by atoms with E-state index in [4.69, 9.17) is 4.98 Å². The van der Waals surface area contributed by atoms with Crippen LogP contribution in [-0.2, 0) is 24.2 Å². The summed E-state index contributed by atoms with van der Waals surface area (Å²) in [4.78, 5) is 21.9. The highest BCUT2D eigenvalue weighted by atomic mass is 32.1. The lowest BCUT2D eigenvalue weighted by molar-refractivity contribution is -0.120. The molecule has 1 N–H and O–H groups in total. The Balaban J connectivity index is 1.47. The normalized spacial score (nSPS) is 11.0. The number of rotatable bonds is 6. The number of nitrogens with zero attached hydrogens (tertiary/aromatic N) is 3. The van der Waals surface area contributed by atoms with Crippen molar-refractivity contribution in [1.29, 1.82) is 0 Å². The zero-order valence-corrected chi connectivity index (χ0v) is 15.9. The number of imidazole rings is 1. The number of hydrogen-bond donors (Lipinski definition) is 1. The molecule has 0 saturated carbocycles. The van der Waals surface area contributed by atoms with Crippen molar-refractivity contribution < 1.29 is 4.79 Å². The third-order valence-electron chi connectivity index (χ3n) is 4.52. The highest BCUT2D eigenvalue weighted by Gasteiger charge is 2.12. The zero-order valence-electron chi connectivity index (χ0n) is 15.1. The average molecular weight is 376 g/mol. The van der Waals surface area contributed by atoms with Crippen LogP contribution in [0.3, 0.4) is 0 Å². The molecule has 4 rings (SSSR count). The van der Waals surface area contributed by atoms with Gasteiger partial charge in [0.1, 0.15) is 0 Å². The lowest BCUT2D eigenvalue weighted by Gasteiger charge is -2.04. The third kappa shape index (κ3) is 3.90. The first-order valence-corrected chi connectivity index (χ1v) is 9.81. The van der Waals surface area contributed by atoms with Crippen molar-refractivity contribution in [2.45, 2.75) is 26.3 Å². The van der Waals surface area contributed by atoms with Crippen LogP contribution in [0.1, 0.15) is 23.7 Å². The molecule has 136 valence electrons. The van der Waals surface area contributed by atoms with Crippen LogP contribution in [0.25, 0.3) is 16.2 Å². The molecular formula is C21H20N4OS. The van der Waals surface area contributed by atoms with Gasteiger partial charge < -0.3 is 5.32 Å². The van der Waals surface area contributed by atoms with E-state index in [1.807, 2.05) is 28.1 Å². The molecule has 0 atom stereocenters. The highest BCUT2D eigenvalue weighted by molar-refractivity contribution is 7.15. The van der Waals surface area contributed by atoms with Gasteiger partial charge in [-0.3, -0.25) is 14.2 Å². The second-order valence-electron chi connectivity index (χ2n) is 6.37. The number of nitrogens with one attached hydrogen (secondary N) is 1. The minimum Gasteiger partial charge on any atom is -0.352 e. The summed E-state index contributed by atoms with van der Waals surface area (Å²) >= 11 is 1.56. The molecule has 0 saturated heterocycles.